The van der Waals surface area contributed by atoms with Crippen LogP contribution in [-0.4, -0.2) is 55.0 Å². The van der Waals surface area contributed by atoms with Gasteiger partial charge in [0.2, 0.25) is 5.91 Å². The van der Waals surface area contributed by atoms with Crippen molar-refractivity contribution in [2.45, 2.75) is 13.3 Å². The van der Waals surface area contributed by atoms with Crippen LogP contribution >= 0.6 is 0 Å². The predicted octanol–water partition coefficient (Wildman–Crippen LogP) is 1.11. The summed E-state index contributed by atoms with van der Waals surface area (Å²) in [5.41, 5.74) is 0.929. The number of hydrogen-bond donors (Lipinski definition) is 1. The lowest BCUT2D eigenvalue weighted by Crippen LogP contribution is -2.49. The summed E-state index contributed by atoms with van der Waals surface area (Å²) < 4.78 is 0. The van der Waals surface area contributed by atoms with Crippen LogP contribution < -0.4 is 10.2 Å². The molecular formula is C16H21N5O3. The summed E-state index contributed by atoms with van der Waals surface area (Å²) in [7, 11) is 0. The fourth-order valence-corrected chi connectivity index (χ4v) is 2.67. The lowest BCUT2D eigenvalue weighted by atomic mass is 10.1. The maximum Gasteiger partial charge on any atom is 0.270 e. The van der Waals surface area contributed by atoms with Crippen LogP contribution in [-0.2, 0) is 4.79 Å². The summed E-state index contributed by atoms with van der Waals surface area (Å²) in [6, 6.07) is 6.38. The fraction of sp³-hybridized carbons (Fsp3) is 0.500. The Morgan fingerprint density at radius 2 is 2.08 bits per heavy atom. The van der Waals surface area contributed by atoms with Crippen LogP contribution in [0.1, 0.15) is 18.9 Å². The molecule has 8 nitrogen and oxygen atoms in total. The lowest BCUT2D eigenvalue weighted by Gasteiger charge is -2.36. The van der Waals surface area contributed by atoms with Crippen molar-refractivity contribution in [2.75, 3.05) is 44.2 Å². The minimum Gasteiger partial charge on any atom is -0.368 e. The number of nitrogens with zero attached hydrogens (tertiary/aromatic N) is 4. The highest BCUT2D eigenvalue weighted by Crippen LogP contribution is 2.25. The van der Waals surface area contributed by atoms with Crippen LogP contribution in [0.15, 0.2) is 18.2 Å². The van der Waals surface area contributed by atoms with E-state index < -0.39 is 4.92 Å². The Kier molecular flexibility index (Phi) is 6.09. The Morgan fingerprint density at radius 1 is 1.38 bits per heavy atom. The van der Waals surface area contributed by atoms with Crippen molar-refractivity contribution < 1.29 is 9.72 Å². The Morgan fingerprint density at radius 3 is 2.67 bits per heavy atom. The van der Waals surface area contributed by atoms with Crippen LogP contribution in [0.4, 0.5) is 11.4 Å². The third-order valence-electron chi connectivity index (χ3n) is 3.96. The van der Waals surface area contributed by atoms with Crippen molar-refractivity contribution in [1.29, 1.82) is 5.26 Å². The number of rotatable bonds is 6. The highest BCUT2D eigenvalue weighted by molar-refractivity contribution is 5.78. The van der Waals surface area contributed by atoms with E-state index in [1.807, 2.05) is 17.9 Å². The molecule has 0 aliphatic carbocycles. The number of anilines is 1. The van der Waals surface area contributed by atoms with E-state index in [0.717, 1.165) is 6.42 Å². The zero-order valence-corrected chi connectivity index (χ0v) is 13.7. The maximum atomic E-state index is 11.8. The average Bonchev–Trinajstić information content (AvgIpc) is 2.60. The molecule has 1 saturated heterocycles. The van der Waals surface area contributed by atoms with Gasteiger partial charge in [0.05, 0.1) is 22.7 Å². The van der Waals surface area contributed by atoms with Gasteiger partial charge in [-0.2, -0.15) is 5.26 Å². The number of piperazine rings is 1. The molecule has 0 saturated carbocycles. The van der Waals surface area contributed by atoms with Gasteiger partial charge in [-0.05, 0) is 12.5 Å². The molecule has 0 bridgehead atoms. The molecule has 24 heavy (non-hydrogen) atoms. The molecule has 1 amide bonds. The number of hydrogen-bond acceptors (Lipinski definition) is 6. The number of carbonyl (C=O) groups is 1. The van der Waals surface area contributed by atoms with E-state index >= 15 is 0 Å². The standard InChI is InChI=1S/C16H21N5O3/c1-2-5-18-16(22)12-19-6-8-20(9-7-19)15-4-3-14(21(23)24)10-13(15)11-17/h3-4,10H,2,5-9,12H2,1H3,(H,18,22). The van der Waals surface area contributed by atoms with E-state index in [1.165, 1.54) is 12.1 Å². The van der Waals surface area contributed by atoms with E-state index in [2.05, 4.69) is 10.2 Å². The van der Waals surface area contributed by atoms with E-state index in [-0.39, 0.29) is 11.6 Å². The highest BCUT2D eigenvalue weighted by atomic mass is 16.6. The topological polar surface area (TPSA) is 103 Å². The second-order valence-corrected chi connectivity index (χ2v) is 5.68. The average molecular weight is 331 g/mol. The smallest absolute Gasteiger partial charge is 0.270 e. The van der Waals surface area contributed by atoms with Crippen molar-refractivity contribution in [3.63, 3.8) is 0 Å². The van der Waals surface area contributed by atoms with Crippen molar-refractivity contribution in [1.82, 2.24) is 10.2 Å². The van der Waals surface area contributed by atoms with Crippen molar-refractivity contribution in [3.8, 4) is 6.07 Å². The van der Waals surface area contributed by atoms with Gasteiger partial charge < -0.3 is 10.2 Å². The molecule has 0 unspecified atom stereocenters. The number of benzene rings is 1. The van der Waals surface area contributed by atoms with Gasteiger partial charge in [0, 0.05) is 44.9 Å². The van der Waals surface area contributed by atoms with Crippen molar-refractivity contribution in [3.05, 3.63) is 33.9 Å². The van der Waals surface area contributed by atoms with Gasteiger partial charge >= 0.3 is 0 Å². The minimum atomic E-state index is -0.503. The summed E-state index contributed by atoms with van der Waals surface area (Å²) in [4.78, 5) is 26.2. The molecule has 128 valence electrons. The third-order valence-corrected chi connectivity index (χ3v) is 3.96. The third kappa shape index (κ3) is 4.43. The molecule has 1 aromatic carbocycles. The first-order valence-electron chi connectivity index (χ1n) is 7.97. The Hall–Kier alpha value is -2.66. The Balaban J connectivity index is 1.96. The zero-order valence-electron chi connectivity index (χ0n) is 13.7. The van der Waals surface area contributed by atoms with Crippen molar-refractivity contribution >= 4 is 17.3 Å². The van der Waals surface area contributed by atoms with Crippen LogP contribution in [0.25, 0.3) is 0 Å². The highest BCUT2D eigenvalue weighted by Gasteiger charge is 2.22. The van der Waals surface area contributed by atoms with E-state index in [9.17, 15) is 20.2 Å². The monoisotopic (exact) mass is 331 g/mol. The van der Waals surface area contributed by atoms with Crippen LogP contribution in [0.2, 0.25) is 0 Å². The quantitative estimate of drug-likeness (QED) is 0.619. The Labute approximate surface area is 140 Å². The molecular weight excluding hydrogens is 310 g/mol. The maximum absolute atomic E-state index is 11.8. The molecule has 1 N–H and O–H groups in total. The molecule has 2 rings (SSSR count). The van der Waals surface area contributed by atoms with E-state index in [0.29, 0.717) is 50.5 Å². The zero-order chi connectivity index (χ0) is 17.5. The molecule has 1 heterocycles. The van der Waals surface area contributed by atoms with Gasteiger partial charge in [-0.25, -0.2) is 0 Å². The van der Waals surface area contributed by atoms with Crippen LogP contribution in [0.3, 0.4) is 0 Å². The van der Waals surface area contributed by atoms with E-state index in [4.69, 9.17) is 0 Å². The number of amides is 1. The predicted molar refractivity (Wildman–Crippen MR) is 89.8 cm³/mol. The summed E-state index contributed by atoms with van der Waals surface area (Å²) in [6.45, 7) is 5.84. The first kappa shape index (κ1) is 17.7. The summed E-state index contributed by atoms with van der Waals surface area (Å²) in [6.07, 6.45) is 0.913. The molecule has 8 heteroatoms. The van der Waals surface area contributed by atoms with E-state index in [1.54, 1.807) is 6.07 Å². The molecule has 0 atom stereocenters. The number of nitrogens with one attached hydrogen (secondary N) is 1. The number of nitro benzene ring substituents is 1. The molecule has 1 aromatic rings. The van der Waals surface area contributed by atoms with Crippen molar-refractivity contribution in [2.24, 2.45) is 0 Å². The molecule has 0 aromatic heterocycles. The first-order chi connectivity index (χ1) is 11.5. The summed E-state index contributed by atoms with van der Waals surface area (Å²) >= 11 is 0. The number of non-ortho nitro benzene ring substituents is 1. The van der Waals surface area contributed by atoms with Crippen LogP contribution in [0.5, 0.6) is 0 Å². The van der Waals surface area contributed by atoms with Gasteiger partial charge in [0.25, 0.3) is 5.69 Å². The van der Waals surface area contributed by atoms with Gasteiger partial charge in [0.1, 0.15) is 6.07 Å². The first-order valence-corrected chi connectivity index (χ1v) is 7.97. The molecule has 0 spiro atoms. The normalized spacial score (nSPS) is 14.9. The number of carbonyl (C=O) groups excluding carboxylic acids is 1. The van der Waals surface area contributed by atoms with Gasteiger partial charge in [-0.3, -0.25) is 19.8 Å². The summed E-state index contributed by atoms with van der Waals surface area (Å²) in [5.74, 6) is 0.0262. The van der Waals surface area contributed by atoms with Gasteiger partial charge in [-0.15, -0.1) is 0 Å². The molecule has 1 fully saturated rings. The second kappa shape index (κ2) is 8.26. The van der Waals surface area contributed by atoms with Crippen LogP contribution in [0, 0.1) is 21.4 Å². The Bertz CT molecular complexity index is 648. The lowest BCUT2D eigenvalue weighted by molar-refractivity contribution is -0.384. The second-order valence-electron chi connectivity index (χ2n) is 5.68. The summed E-state index contributed by atoms with van der Waals surface area (Å²) in [5, 5.41) is 22.9. The molecule has 0 radical (unpaired) electrons. The largest absolute Gasteiger partial charge is 0.368 e. The minimum absolute atomic E-state index is 0.0262. The number of nitriles is 1. The fourth-order valence-electron chi connectivity index (χ4n) is 2.67. The van der Waals surface area contributed by atoms with Gasteiger partial charge in [0.15, 0.2) is 0 Å². The molecule has 1 aliphatic rings. The molecule has 1 aliphatic heterocycles. The SMILES string of the molecule is CCCNC(=O)CN1CCN(c2ccc([N+](=O)[O-])cc2C#N)CC1. The number of nitro groups is 1. The van der Waals surface area contributed by atoms with Gasteiger partial charge in [-0.1, -0.05) is 6.92 Å².